The summed E-state index contributed by atoms with van der Waals surface area (Å²) in [4.78, 5) is 2.21. The van der Waals surface area contributed by atoms with Crippen LogP contribution in [0.2, 0.25) is 0 Å². The number of anilines is 1. The molecule has 0 aromatic heterocycles. The van der Waals surface area contributed by atoms with E-state index in [4.69, 9.17) is 18.9 Å². The van der Waals surface area contributed by atoms with E-state index in [-0.39, 0.29) is 22.4 Å². The zero-order valence-corrected chi connectivity index (χ0v) is 26.8. The number of hydrogen-bond donors (Lipinski definition) is 0. The van der Waals surface area contributed by atoms with Gasteiger partial charge >= 0.3 is 22.4 Å². The second-order valence-corrected chi connectivity index (χ2v) is 9.64. The van der Waals surface area contributed by atoms with E-state index in [1.807, 2.05) is 108 Å². The summed E-state index contributed by atoms with van der Waals surface area (Å²) >= 11 is 0. The molecule has 0 atom stereocenters. The number of ether oxygens (including phenoxy) is 4. The van der Waals surface area contributed by atoms with Crippen LogP contribution in [0.15, 0.2) is 127 Å². The van der Waals surface area contributed by atoms with E-state index in [9.17, 15) is 0 Å². The Bertz CT molecular complexity index is 1420. The van der Waals surface area contributed by atoms with Gasteiger partial charge in [0, 0.05) is 29.9 Å². The largest absolute Gasteiger partial charge is 1.00 e. The van der Waals surface area contributed by atoms with Gasteiger partial charge in [0.2, 0.25) is 5.69 Å². The van der Waals surface area contributed by atoms with Crippen molar-refractivity contribution in [2.45, 2.75) is 13.2 Å². The van der Waals surface area contributed by atoms with E-state index in [0.717, 1.165) is 39.6 Å². The molecule has 0 aliphatic rings. The molecule has 0 saturated heterocycles. The zero-order chi connectivity index (χ0) is 29.4. The maximum atomic E-state index is 6.08. The van der Waals surface area contributed by atoms with E-state index < -0.39 is 0 Å². The average molecular weight is 760 g/mol. The van der Waals surface area contributed by atoms with Gasteiger partial charge in [0.05, 0.1) is 20.5 Å². The summed E-state index contributed by atoms with van der Waals surface area (Å²) in [5, 5.41) is 0. The van der Waals surface area contributed by atoms with Gasteiger partial charge in [-0.15, -0.1) is 6.54 Å². The van der Waals surface area contributed by atoms with Crippen molar-refractivity contribution in [3.8, 4) is 11.5 Å². The van der Waals surface area contributed by atoms with Crippen molar-refractivity contribution < 1.29 is 45.9 Å². The van der Waals surface area contributed by atoms with Gasteiger partial charge in [-0.05, 0) is 47.5 Å². The summed E-state index contributed by atoms with van der Waals surface area (Å²) in [6.45, 7) is 6.93. The van der Waals surface area contributed by atoms with Crippen LogP contribution >= 0.6 is 0 Å². The number of rotatable bonds is 16. The Morgan fingerprint density at radius 1 is 0.744 bits per heavy atom. The van der Waals surface area contributed by atoms with Crippen molar-refractivity contribution in [1.29, 1.82) is 0 Å². The molecule has 0 aliphatic carbocycles. The predicted molar refractivity (Wildman–Crippen MR) is 168 cm³/mol. The Morgan fingerprint density at radius 3 is 1.84 bits per heavy atom. The van der Waals surface area contributed by atoms with Crippen molar-refractivity contribution >= 4 is 18.1 Å². The first-order valence-corrected chi connectivity index (χ1v) is 13.8. The zero-order valence-electron chi connectivity index (χ0n) is 24.6. The van der Waals surface area contributed by atoms with Gasteiger partial charge in [0.15, 0.2) is 6.54 Å². The molecule has 0 N–H and O–H groups in total. The van der Waals surface area contributed by atoms with Crippen LogP contribution in [0.5, 0.6) is 11.5 Å². The van der Waals surface area contributed by atoms with Crippen LogP contribution in [0.1, 0.15) is 11.1 Å². The van der Waals surface area contributed by atoms with Crippen molar-refractivity contribution in [3.05, 3.63) is 144 Å². The number of hydrogen-bond acceptors (Lipinski definition) is 5. The standard InChI is InChI=1S/C36H38N2O4.Au/c1-37(33-15-19-35(39-2)20-16-33)25-32(29-42-28-31-13-8-5-9-14-31)26-38(34-17-21-36(40-3)22-18-34)23-10-24-41-27-30-11-6-4-7-12-30;/h4-9,11-22,24,29H,1,23,25-28H2,2-3H3;/q;+1/b32-29-;. The average Bonchev–Trinajstić information content (AvgIpc) is 3.05. The molecule has 0 amide bonds. The Kier molecular flexibility index (Phi) is 14.2. The van der Waals surface area contributed by atoms with Crippen molar-refractivity contribution in [2.24, 2.45) is 0 Å². The van der Waals surface area contributed by atoms with Gasteiger partial charge < -0.3 is 29.9 Å². The second kappa shape index (κ2) is 18.3. The summed E-state index contributed by atoms with van der Waals surface area (Å²) in [6, 6.07) is 36.1. The topological polar surface area (TPSA) is 43.2 Å². The number of methoxy groups -OCH3 is 2. The molecule has 0 heterocycles. The van der Waals surface area contributed by atoms with Crippen LogP contribution in [0, 0.1) is 6.08 Å². The van der Waals surface area contributed by atoms with Gasteiger partial charge in [0.1, 0.15) is 31.4 Å². The predicted octanol–water partition coefficient (Wildman–Crippen LogP) is 7.19. The molecule has 0 aliphatic heterocycles. The fourth-order valence-corrected chi connectivity index (χ4v) is 4.28. The van der Waals surface area contributed by atoms with Gasteiger partial charge in [-0.25, -0.2) is 4.58 Å². The first kappa shape index (κ1) is 33.3. The number of nitrogens with zero attached hydrogens (tertiary/aromatic N) is 2. The van der Waals surface area contributed by atoms with Crippen LogP contribution in [-0.4, -0.2) is 45.1 Å². The molecular formula is C36H38AuN2O4+. The molecule has 0 spiro atoms. The van der Waals surface area contributed by atoms with Crippen LogP contribution in [0.3, 0.4) is 0 Å². The van der Waals surface area contributed by atoms with E-state index in [2.05, 4.69) is 29.8 Å². The third-order valence-corrected chi connectivity index (χ3v) is 6.55. The minimum absolute atomic E-state index is 0. The monoisotopic (exact) mass is 759 g/mol. The normalized spacial score (nSPS) is 11.0. The molecular weight excluding hydrogens is 721 g/mol. The summed E-state index contributed by atoms with van der Waals surface area (Å²) in [6.07, 6.45) is 6.79. The second-order valence-electron chi connectivity index (χ2n) is 9.64. The summed E-state index contributed by atoms with van der Waals surface area (Å²) in [5.74, 6) is 1.60. The van der Waals surface area contributed by atoms with Crippen LogP contribution < -0.4 is 14.4 Å². The Morgan fingerprint density at radius 2 is 1.28 bits per heavy atom. The summed E-state index contributed by atoms with van der Waals surface area (Å²) < 4.78 is 24.5. The van der Waals surface area contributed by atoms with Gasteiger partial charge in [-0.2, -0.15) is 0 Å². The maximum Gasteiger partial charge on any atom is 1.00 e. The van der Waals surface area contributed by atoms with E-state index in [1.165, 1.54) is 0 Å². The van der Waals surface area contributed by atoms with E-state index in [0.29, 0.717) is 32.8 Å². The van der Waals surface area contributed by atoms with E-state index >= 15 is 0 Å². The van der Waals surface area contributed by atoms with E-state index in [1.54, 1.807) is 20.5 Å². The van der Waals surface area contributed by atoms with Gasteiger partial charge in [0.25, 0.3) is 0 Å². The minimum Gasteiger partial charge on any atom is -0.533 e. The molecule has 6 nitrogen and oxygen atoms in total. The molecule has 0 radical (unpaired) electrons. The molecule has 0 fully saturated rings. The molecule has 226 valence electrons. The van der Waals surface area contributed by atoms with Crippen LogP contribution in [0.25, 0.3) is 0 Å². The summed E-state index contributed by atoms with van der Waals surface area (Å²) in [5.41, 5.74) is 5.25. The SMILES string of the molecule is C=[N+](C/C(=C/OCc1ccccc1)CN(C[C-]=COCc1ccccc1)c1ccc(OC)cc1)c1ccc(OC)cc1.[Au+]. The third kappa shape index (κ3) is 11.2. The molecule has 4 rings (SSSR count). The molecule has 0 unspecified atom stereocenters. The Labute approximate surface area is 271 Å². The fraction of sp³-hybridized carbons (Fsp3) is 0.194. The van der Waals surface area contributed by atoms with Crippen LogP contribution in [-0.2, 0) is 45.1 Å². The number of benzene rings is 4. The molecule has 7 heteroatoms. The molecule has 0 bridgehead atoms. The summed E-state index contributed by atoms with van der Waals surface area (Å²) in [7, 11) is 3.33. The Balaban J connectivity index is 0.00000506. The third-order valence-electron chi connectivity index (χ3n) is 6.55. The molecule has 4 aromatic carbocycles. The van der Waals surface area contributed by atoms with Gasteiger partial charge in [-0.3, -0.25) is 0 Å². The fourth-order valence-electron chi connectivity index (χ4n) is 4.28. The quantitative estimate of drug-likeness (QED) is 0.0398. The van der Waals surface area contributed by atoms with Crippen molar-refractivity contribution in [3.63, 3.8) is 0 Å². The van der Waals surface area contributed by atoms with Crippen molar-refractivity contribution in [1.82, 2.24) is 0 Å². The van der Waals surface area contributed by atoms with Crippen molar-refractivity contribution in [2.75, 3.05) is 38.8 Å². The van der Waals surface area contributed by atoms with Crippen LogP contribution in [0.4, 0.5) is 11.4 Å². The maximum absolute atomic E-state index is 6.08. The minimum atomic E-state index is 0. The first-order chi connectivity index (χ1) is 20.6. The van der Waals surface area contributed by atoms with Gasteiger partial charge in [-0.1, -0.05) is 66.9 Å². The molecule has 43 heavy (non-hydrogen) atoms. The molecule has 4 aromatic rings. The first-order valence-electron chi connectivity index (χ1n) is 13.8. The smallest absolute Gasteiger partial charge is 0.533 e. The molecule has 0 saturated carbocycles. The Hall–Kier alpha value is -4.23.